The van der Waals surface area contributed by atoms with Gasteiger partial charge in [0, 0.05) is 25.0 Å². The van der Waals surface area contributed by atoms with Crippen LogP contribution in [-0.4, -0.2) is 15.8 Å². The van der Waals surface area contributed by atoms with Crippen molar-refractivity contribution in [3.63, 3.8) is 0 Å². The largest absolute Gasteiger partial charge is 0.393 e. The first-order valence-corrected chi connectivity index (χ1v) is 4.26. The van der Waals surface area contributed by atoms with Gasteiger partial charge in [-0.2, -0.15) is 0 Å². The van der Waals surface area contributed by atoms with E-state index in [1.54, 1.807) is 6.92 Å². The zero-order valence-electron chi connectivity index (χ0n) is 7.40. The summed E-state index contributed by atoms with van der Waals surface area (Å²) in [4.78, 5) is 0. The predicted molar refractivity (Wildman–Crippen MR) is 48.6 cm³/mol. The van der Waals surface area contributed by atoms with Gasteiger partial charge < -0.3 is 15.4 Å². The van der Waals surface area contributed by atoms with Gasteiger partial charge in [0.1, 0.15) is 0 Å². The van der Waals surface area contributed by atoms with Crippen LogP contribution in [0, 0.1) is 0 Å². The highest BCUT2D eigenvalue weighted by Gasteiger charge is 2.00. The summed E-state index contributed by atoms with van der Waals surface area (Å²) in [6.07, 6.45) is 2.53. The van der Waals surface area contributed by atoms with E-state index in [1.165, 1.54) is 0 Å². The molecule has 0 amide bonds. The Morgan fingerprint density at radius 2 is 2.42 bits per heavy atom. The summed E-state index contributed by atoms with van der Waals surface area (Å²) in [7, 11) is 0. The molecular weight excluding hydrogens is 152 g/mol. The second-order valence-electron chi connectivity index (χ2n) is 3.03. The summed E-state index contributed by atoms with van der Waals surface area (Å²) in [6.45, 7) is 3.20. The van der Waals surface area contributed by atoms with Crippen LogP contribution in [0.15, 0.2) is 18.3 Å². The fraction of sp³-hybridized carbons (Fsp3) is 0.556. The van der Waals surface area contributed by atoms with E-state index in [0.717, 1.165) is 18.7 Å². The van der Waals surface area contributed by atoms with Crippen LogP contribution in [0.3, 0.4) is 0 Å². The van der Waals surface area contributed by atoms with E-state index in [4.69, 9.17) is 10.8 Å². The van der Waals surface area contributed by atoms with Crippen LogP contribution < -0.4 is 5.73 Å². The van der Waals surface area contributed by atoms with Gasteiger partial charge in [0.2, 0.25) is 0 Å². The second kappa shape index (κ2) is 4.28. The van der Waals surface area contributed by atoms with Crippen LogP contribution in [0.5, 0.6) is 0 Å². The molecule has 3 heteroatoms. The van der Waals surface area contributed by atoms with E-state index >= 15 is 0 Å². The third kappa shape index (κ3) is 2.36. The fourth-order valence-electron chi connectivity index (χ4n) is 1.18. The van der Waals surface area contributed by atoms with Crippen molar-refractivity contribution in [2.75, 3.05) is 0 Å². The number of hydrogen-bond acceptors (Lipinski definition) is 2. The highest BCUT2D eigenvalue weighted by Crippen LogP contribution is 2.03. The molecule has 3 nitrogen and oxygen atoms in total. The zero-order chi connectivity index (χ0) is 8.97. The van der Waals surface area contributed by atoms with Crippen LogP contribution >= 0.6 is 0 Å². The van der Waals surface area contributed by atoms with Crippen LogP contribution in [0.4, 0.5) is 0 Å². The van der Waals surface area contributed by atoms with Gasteiger partial charge in [0.15, 0.2) is 0 Å². The number of nitrogens with zero attached hydrogens (tertiary/aromatic N) is 1. The lowest BCUT2D eigenvalue weighted by atomic mass is 10.3. The minimum absolute atomic E-state index is 0.238. The molecule has 0 saturated heterocycles. The topological polar surface area (TPSA) is 51.2 Å². The quantitative estimate of drug-likeness (QED) is 0.696. The molecule has 1 unspecified atom stereocenters. The van der Waals surface area contributed by atoms with Crippen LogP contribution in [0.25, 0.3) is 0 Å². The minimum Gasteiger partial charge on any atom is -0.393 e. The Hall–Kier alpha value is -0.800. The van der Waals surface area contributed by atoms with Crippen molar-refractivity contribution in [3.8, 4) is 0 Å². The van der Waals surface area contributed by atoms with Gasteiger partial charge in [-0.15, -0.1) is 0 Å². The number of aliphatic hydroxyl groups excluding tert-OH is 1. The first-order valence-electron chi connectivity index (χ1n) is 4.26. The molecule has 0 spiro atoms. The Labute approximate surface area is 72.8 Å². The molecule has 0 bridgehead atoms. The molecule has 0 aliphatic rings. The van der Waals surface area contributed by atoms with Gasteiger partial charge in [-0.3, -0.25) is 0 Å². The Bertz CT molecular complexity index is 230. The number of hydrogen-bond donors (Lipinski definition) is 2. The normalized spacial score (nSPS) is 13.2. The Morgan fingerprint density at radius 1 is 1.67 bits per heavy atom. The number of nitrogens with two attached hydrogens (primary N) is 1. The lowest BCUT2D eigenvalue weighted by molar-refractivity contribution is 0.177. The summed E-state index contributed by atoms with van der Waals surface area (Å²) in [6, 6.07) is 3.98. The van der Waals surface area contributed by atoms with Crippen LogP contribution in [0.2, 0.25) is 0 Å². The van der Waals surface area contributed by atoms with Gasteiger partial charge in [-0.1, -0.05) is 0 Å². The van der Waals surface area contributed by atoms with E-state index < -0.39 is 0 Å². The van der Waals surface area contributed by atoms with Gasteiger partial charge >= 0.3 is 0 Å². The molecule has 1 heterocycles. The standard InChI is InChI=1S/C9H16N2O/c1-8(12)4-6-11-5-2-3-9(11)7-10/h2-3,5,8,12H,4,6-7,10H2,1H3. The summed E-state index contributed by atoms with van der Waals surface area (Å²) in [5.74, 6) is 0. The van der Waals surface area contributed by atoms with Crippen molar-refractivity contribution in [1.82, 2.24) is 4.57 Å². The lowest BCUT2D eigenvalue weighted by Crippen LogP contribution is -2.10. The highest BCUT2D eigenvalue weighted by molar-refractivity contribution is 5.06. The lowest BCUT2D eigenvalue weighted by Gasteiger charge is -2.08. The van der Waals surface area contributed by atoms with Crippen molar-refractivity contribution < 1.29 is 5.11 Å². The highest BCUT2D eigenvalue weighted by atomic mass is 16.3. The monoisotopic (exact) mass is 168 g/mol. The van der Waals surface area contributed by atoms with E-state index in [0.29, 0.717) is 6.54 Å². The molecular formula is C9H16N2O. The molecule has 0 aliphatic carbocycles. The van der Waals surface area contributed by atoms with Gasteiger partial charge in [-0.25, -0.2) is 0 Å². The van der Waals surface area contributed by atoms with Crippen molar-refractivity contribution in [3.05, 3.63) is 24.0 Å². The molecule has 12 heavy (non-hydrogen) atoms. The van der Waals surface area contributed by atoms with E-state index in [9.17, 15) is 0 Å². The summed E-state index contributed by atoms with van der Waals surface area (Å²) < 4.78 is 2.08. The van der Waals surface area contributed by atoms with Gasteiger partial charge in [-0.05, 0) is 25.5 Å². The van der Waals surface area contributed by atoms with Crippen molar-refractivity contribution in [1.29, 1.82) is 0 Å². The minimum atomic E-state index is -0.238. The number of aryl methyl sites for hydroxylation is 1. The average Bonchev–Trinajstić information content (AvgIpc) is 2.47. The van der Waals surface area contributed by atoms with Crippen molar-refractivity contribution in [2.24, 2.45) is 5.73 Å². The molecule has 1 atom stereocenters. The number of aromatic nitrogens is 1. The summed E-state index contributed by atoms with van der Waals surface area (Å²) in [5, 5.41) is 9.07. The smallest absolute Gasteiger partial charge is 0.0529 e. The fourth-order valence-corrected chi connectivity index (χ4v) is 1.18. The predicted octanol–water partition coefficient (Wildman–Crippen LogP) is 0.718. The molecule has 0 aliphatic heterocycles. The Kier molecular flexibility index (Phi) is 3.31. The Balaban J connectivity index is 2.50. The Morgan fingerprint density at radius 3 is 3.00 bits per heavy atom. The third-order valence-corrected chi connectivity index (χ3v) is 1.92. The summed E-state index contributed by atoms with van der Waals surface area (Å²) >= 11 is 0. The molecule has 0 fully saturated rings. The van der Waals surface area contributed by atoms with E-state index in [1.807, 2.05) is 18.3 Å². The maximum atomic E-state index is 9.07. The van der Waals surface area contributed by atoms with Crippen molar-refractivity contribution >= 4 is 0 Å². The molecule has 68 valence electrons. The maximum Gasteiger partial charge on any atom is 0.0529 e. The average molecular weight is 168 g/mol. The molecule has 1 aromatic rings. The number of rotatable bonds is 4. The van der Waals surface area contributed by atoms with Crippen LogP contribution in [0.1, 0.15) is 19.0 Å². The molecule has 0 aromatic carbocycles. The number of aliphatic hydroxyl groups is 1. The zero-order valence-corrected chi connectivity index (χ0v) is 7.40. The van der Waals surface area contributed by atoms with Gasteiger partial charge in [0.25, 0.3) is 0 Å². The van der Waals surface area contributed by atoms with Crippen LogP contribution in [-0.2, 0) is 13.1 Å². The molecule has 3 N–H and O–H groups in total. The molecule has 1 rings (SSSR count). The SMILES string of the molecule is CC(O)CCn1cccc1CN. The summed E-state index contributed by atoms with van der Waals surface area (Å²) in [5.41, 5.74) is 6.64. The maximum absolute atomic E-state index is 9.07. The van der Waals surface area contributed by atoms with E-state index in [2.05, 4.69) is 4.57 Å². The third-order valence-electron chi connectivity index (χ3n) is 1.92. The van der Waals surface area contributed by atoms with Crippen molar-refractivity contribution in [2.45, 2.75) is 32.5 Å². The van der Waals surface area contributed by atoms with E-state index in [-0.39, 0.29) is 6.10 Å². The first-order chi connectivity index (χ1) is 5.74. The molecule has 0 radical (unpaired) electrons. The molecule has 1 aromatic heterocycles. The molecule has 0 saturated carbocycles. The first kappa shape index (κ1) is 9.29. The van der Waals surface area contributed by atoms with Gasteiger partial charge in [0.05, 0.1) is 6.10 Å². The second-order valence-corrected chi connectivity index (χ2v) is 3.03.